The Labute approximate surface area is 212 Å². The summed E-state index contributed by atoms with van der Waals surface area (Å²) in [5.74, 6) is -0.730. The van der Waals surface area contributed by atoms with Crippen molar-refractivity contribution in [1.82, 2.24) is 5.32 Å². The number of hydrogen-bond donors (Lipinski definition) is 1. The van der Waals surface area contributed by atoms with E-state index < -0.39 is 6.09 Å². The molecule has 0 spiro atoms. The van der Waals surface area contributed by atoms with Crippen LogP contribution in [-0.4, -0.2) is 36.7 Å². The summed E-state index contributed by atoms with van der Waals surface area (Å²) < 4.78 is 10.8. The summed E-state index contributed by atoms with van der Waals surface area (Å²) in [6, 6.07) is 19.4. The molecule has 2 aromatic rings. The number of nitrogens with one attached hydrogen (secondary N) is 1. The molecule has 0 bridgehead atoms. The van der Waals surface area contributed by atoms with Crippen molar-refractivity contribution in [2.75, 3.05) is 11.5 Å². The van der Waals surface area contributed by atoms with Crippen molar-refractivity contribution in [2.45, 2.75) is 51.7 Å². The van der Waals surface area contributed by atoms with E-state index in [9.17, 15) is 14.4 Å². The SMILES string of the molecule is CCOC(=O)NC1CCC2C(C1)CC1C(=O)OC(C)C1C2C(=O)N(c1ccccc1)c1ccccc1. The van der Waals surface area contributed by atoms with Gasteiger partial charge in [-0.25, -0.2) is 4.79 Å². The van der Waals surface area contributed by atoms with Crippen LogP contribution in [0.1, 0.15) is 39.5 Å². The largest absolute Gasteiger partial charge is 0.462 e. The number of benzene rings is 2. The summed E-state index contributed by atoms with van der Waals surface area (Å²) in [6.07, 6.45) is 2.30. The fourth-order valence-corrected chi connectivity index (χ4v) is 6.80. The van der Waals surface area contributed by atoms with Gasteiger partial charge in [0.25, 0.3) is 0 Å². The summed E-state index contributed by atoms with van der Waals surface area (Å²) >= 11 is 0. The highest BCUT2D eigenvalue weighted by atomic mass is 16.6. The van der Waals surface area contributed by atoms with E-state index in [4.69, 9.17) is 9.47 Å². The molecule has 36 heavy (non-hydrogen) atoms. The number of anilines is 2. The number of ether oxygens (including phenoxy) is 2. The van der Waals surface area contributed by atoms with E-state index in [-0.39, 0.29) is 53.6 Å². The van der Waals surface area contributed by atoms with Crippen LogP contribution in [0.25, 0.3) is 0 Å². The third-order valence-corrected chi connectivity index (χ3v) is 8.22. The first-order valence-corrected chi connectivity index (χ1v) is 13.1. The van der Waals surface area contributed by atoms with Gasteiger partial charge in [-0.05, 0) is 75.6 Å². The quantitative estimate of drug-likeness (QED) is 0.591. The fourth-order valence-electron chi connectivity index (χ4n) is 6.80. The van der Waals surface area contributed by atoms with Gasteiger partial charge in [-0.3, -0.25) is 14.5 Å². The lowest BCUT2D eigenvalue weighted by molar-refractivity contribution is -0.144. The van der Waals surface area contributed by atoms with Crippen LogP contribution in [-0.2, 0) is 19.1 Å². The lowest BCUT2D eigenvalue weighted by Crippen LogP contribution is -2.53. The summed E-state index contributed by atoms with van der Waals surface area (Å²) in [5, 5.41) is 2.98. The molecule has 5 rings (SSSR count). The molecule has 7 nitrogen and oxygen atoms in total. The molecule has 7 atom stereocenters. The van der Waals surface area contributed by atoms with E-state index in [1.54, 1.807) is 6.92 Å². The molecule has 1 heterocycles. The van der Waals surface area contributed by atoms with E-state index in [0.717, 1.165) is 30.6 Å². The predicted molar refractivity (Wildman–Crippen MR) is 135 cm³/mol. The highest BCUT2D eigenvalue weighted by Gasteiger charge is 2.58. The number of cyclic esters (lactones) is 1. The average molecular weight is 491 g/mol. The van der Waals surface area contributed by atoms with Crippen molar-refractivity contribution in [2.24, 2.45) is 29.6 Å². The number of carbonyl (C=O) groups excluding carboxylic acids is 3. The Bertz CT molecular complexity index is 1050. The molecular formula is C29H34N2O5. The molecule has 1 aliphatic heterocycles. The van der Waals surface area contributed by atoms with E-state index in [0.29, 0.717) is 13.0 Å². The zero-order valence-electron chi connectivity index (χ0n) is 20.8. The van der Waals surface area contributed by atoms with Crippen LogP contribution in [0.15, 0.2) is 60.7 Å². The molecule has 190 valence electrons. The second-order valence-corrected chi connectivity index (χ2v) is 10.2. The number of fused-ring (bicyclic) bond motifs is 2. The highest BCUT2D eigenvalue weighted by molar-refractivity contribution is 6.02. The molecule has 7 unspecified atom stereocenters. The molecule has 3 aliphatic rings. The monoisotopic (exact) mass is 490 g/mol. The maximum Gasteiger partial charge on any atom is 0.407 e. The summed E-state index contributed by atoms with van der Waals surface area (Å²) in [7, 11) is 0. The maximum absolute atomic E-state index is 14.6. The number of amides is 2. The minimum absolute atomic E-state index is 0.0130. The third kappa shape index (κ3) is 4.59. The molecule has 2 aliphatic carbocycles. The Morgan fingerprint density at radius 2 is 1.64 bits per heavy atom. The van der Waals surface area contributed by atoms with Gasteiger partial charge in [-0.2, -0.15) is 0 Å². The lowest BCUT2D eigenvalue weighted by Gasteiger charge is -2.48. The first-order chi connectivity index (χ1) is 17.5. The topological polar surface area (TPSA) is 84.9 Å². The Morgan fingerprint density at radius 3 is 2.25 bits per heavy atom. The molecule has 1 N–H and O–H groups in total. The van der Waals surface area contributed by atoms with E-state index >= 15 is 0 Å². The molecule has 3 fully saturated rings. The smallest absolute Gasteiger partial charge is 0.407 e. The minimum Gasteiger partial charge on any atom is -0.462 e. The molecule has 1 saturated heterocycles. The maximum atomic E-state index is 14.6. The molecule has 7 heteroatoms. The highest BCUT2D eigenvalue weighted by Crippen LogP contribution is 2.54. The first kappa shape index (κ1) is 24.3. The number of carbonyl (C=O) groups is 3. The molecular weight excluding hydrogens is 456 g/mol. The zero-order chi connectivity index (χ0) is 25.2. The van der Waals surface area contributed by atoms with Gasteiger partial charge in [0.1, 0.15) is 6.10 Å². The summed E-state index contributed by atoms with van der Waals surface area (Å²) in [4.78, 5) is 41.3. The van der Waals surface area contributed by atoms with Crippen molar-refractivity contribution in [3.63, 3.8) is 0 Å². The van der Waals surface area contributed by atoms with Gasteiger partial charge in [0.15, 0.2) is 0 Å². The number of esters is 1. The Morgan fingerprint density at radius 1 is 1.00 bits per heavy atom. The summed E-state index contributed by atoms with van der Waals surface area (Å²) in [6.45, 7) is 4.03. The van der Waals surface area contributed by atoms with E-state index in [1.165, 1.54) is 0 Å². The second-order valence-electron chi connectivity index (χ2n) is 10.2. The molecule has 2 saturated carbocycles. The van der Waals surface area contributed by atoms with Gasteiger partial charge in [0, 0.05) is 29.3 Å². The van der Waals surface area contributed by atoms with Crippen LogP contribution < -0.4 is 10.2 Å². The third-order valence-electron chi connectivity index (χ3n) is 8.22. The van der Waals surface area contributed by atoms with Crippen molar-refractivity contribution in [3.05, 3.63) is 60.7 Å². The van der Waals surface area contributed by atoms with E-state index in [1.807, 2.05) is 72.5 Å². The normalized spacial score (nSPS) is 30.9. The Hall–Kier alpha value is -3.35. The van der Waals surface area contributed by atoms with Crippen LogP contribution in [0.4, 0.5) is 16.2 Å². The number of rotatable bonds is 5. The Kier molecular flexibility index (Phi) is 6.99. The van der Waals surface area contributed by atoms with Gasteiger partial charge < -0.3 is 14.8 Å². The minimum atomic E-state index is -0.407. The second kappa shape index (κ2) is 10.3. The Balaban J connectivity index is 1.49. The average Bonchev–Trinajstić information content (AvgIpc) is 3.16. The first-order valence-electron chi connectivity index (χ1n) is 13.1. The summed E-state index contributed by atoms with van der Waals surface area (Å²) in [5.41, 5.74) is 1.62. The molecule has 2 amide bonds. The van der Waals surface area contributed by atoms with Gasteiger partial charge >= 0.3 is 12.1 Å². The predicted octanol–water partition coefficient (Wildman–Crippen LogP) is 5.08. The van der Waals surface area contributed by atoms with Gasteiger partial charge in [0.05, 0.1) is 12.5 Å². The van der Waals surface area contributed by atoms with Gasteiger partial charge in [0.2, 0.25) is 5.91 Å². The van der Waals surface area contributed by atoms with Crippen LogP contribution in [0.3, 0.4) is 0 Å². The van der Waals surface area contributed by atoms with Crippen molar-refractivity contribution >= 4 is 29.3 Å². The van der Waals surface area contributed by atoms with Crippen LogP contribution in [0, 0.1) is 29.6 Å². The van der Waals surface area contributed by atoms with Crippen LogP contribution in [0.2, 0.25) is 0 Å². The lowest BCUT2D eigenvalue weighted by atomic mass is 9.56. The number of hydrogen-bond acceptors (Lipinski definition) is 5. The van der Waals surface area contributed by atoms with E-state index in [2.05, 4.69) is 5.32 Å². The van der Waals surface area contributed by atoms with Crippen LogP contribution in [0.5, 0.6) is 0 Å². The number of para-hydroxylation sites is 2. The van der Waals surface area contributed by atoms with Crippen LogP contribution >= 0.6 is 0 Å². The van der Waals surface area contributed by atoms with Crippen molar-refractivity contribution in [3.8, 4) is 0 Å². The standard InChI is InChI=1S/C29H34N2O5/c1-3-35-29(34)30-20-14-15-23-19(16-20)17-24-25(18(2)36-28(24)33)26(23)27(32)31(21-10-6-4-7-11-21)22-12-8-5-9-13-22/h4-13,18-20,23-26H,3,14-17H2,1-2H3,(H,30,34). The molecule has 0 aromatic heterocycles. The van der Waals surface area contributed by atoms with Crippen molar-refractivity contribution in [1.29, 1.82) is 0 Å². The van der Waals surface area contributed by atoms with Crippen molar-refractivity contribution < 1.29 is 23.9 Å². The number of nitrogens with zero attached hydrogens (tertiary/aromatic N) is 1. The van der Waals surface area contributed by atoms with Gasteiger partial charge in [-0.1, -0.05) is 36.4 Å². The zero-order valence-corrected chi connectivity index (χ0v) is 20.8. The molecule has 0 radical (unpaired) electrons. The molecule has 2 aromatic carbocycles. The number of alkyl carbamates (subject to hydrolysis) is 1. The van der Waals surface area contributed by atoms with Gasteiger partial charge in [-0.15, -0.1) is 0 Å². The fraction of sp³-hybridized carbons (Fsp3) is 0.483.